The summed E-state index contributed by atoms with van der Waals surface area (Å²) in [5.74, 6) is -0.447. The topological polar surface area (TPSA) is 72.8 Å². The molecule has 0 radical (unpaired) electrons. The average molecular weight is 286 g/mol. The lowest BCUT2D eigenvalue weighted by atomic mass is 10.0. The lowest BCUT2D eigenvalue weighted by Gasteiger charge is -2.07. The van der Waals surface area contributed by atoms with Gasteiger partial charge >= 0.3 is 0 Å². The Balaban J connectivity index is 2.35. The zero-order chi connectivity index (χ0) is 15.4. The number of hydrogen-bond acceptors (Lipinski definition) is 5. The molecule has 5 nitrogen and oxygen atoms in total. The van der Waals surface area contributed by atoms with Crippen molar-refractivity contribution in [3.05, 3.63) is 53.6 Å². The second kappa shape index (κ2) is 6.09. The molecular weight excluding hydrogens is 272 g/mol. The SMILES string of the molecule is COc1cc(OC)cc(C(=O)C(=O)c2ccc(O)cc2)c1. The van der Waals surface area contributed by atoms with Gasteiger partial charge in [-0.05, 0) is 36.4 Å². The fourth-order valence-corrected chi connectivity index (χ4v) is 1.81. The number of phenols is 1. The molecule has 0 unspecified atom stereocenters. The van der Waals surface area contributed by atoms with Gasteiger partial charge < -0.3 is 14.6 Å². The third-order valence-electron chi connectivity index (χ3n) is 2.95. The van der Waals surface area contributed by atoms with Crippen molar-refractivity contribution in [2.75, 3.05) is 14.2 Å². The summed E-state index contributed by atoms with van der Waals surface area (Å²) in [5, 5.41) is 9.20. The van der Waals surface area contributed by atoms with Crippen LogP contribution in [0.25, 0.3) is 0 Å². The number of hydrogen-bond donors (Lipinski definition) is 1. The van der Waals surface area contributed by atoms with Gasteiger partial charge in [0.15, 0.2) is 0 Å². The minimum Gasteiger partial charge on any atom is -0.508 e. The van der Waals surface area contributed by atoms with Crippen molar-refractivity contribution in [3.8, 4) is 17.2 Å². The van der Waals surface area contributed by atoms with Gasteiger partial charge in [0.05, 0.1) is 14.2 Å². The highest BCUT2D eigenvalue weighted by molar-refractivity contribution is 6.49. The Morgan fingerprint density at radius 2 is 1.29 bits per heavy atom. The van der Waals surface area contributed by atoms with E-state index in [-0.39, 0.29) is 16.9 Å². The Kier molecular flexibility index (Phi) is 4.23. The summed E-state index contributed by atoms with van der Waals surface area (Å²) >= 11 is 0. The lowest BCUT2D eigenvalue weighted by molar-refractivity contribution is 0.0816. The first-order valence-corrected chi connectivity index (χ1v) is 6.16. The molecule has 2 aromatic rings. The number of carbonyl (C=O) groups excluding carboxylic acids is 2. The van der Waals surface area contributed by atoms with Crippen molar-refractivity contribution < 1.29 is 24.2 Å². The van der Waals surface area contributed by atoms with Crippen LogP contribution in [0.4, 0.5) is 0 Å². The summed E-state index contributed by atoms with van der Waals surface area (Å²) in [6, 6.07) is 10.1. The van der Waals surface area contributed by atoms with Crippen LogP contribution in [-0.4, -0.2) is 30.9 Å². The molecule has 5 heteroatoms. The number of methoxy groups -OCH3 is 2. The summed E-state index contributed by atoms with van der Waals surface area (Å²) in [7, 11) is 2.93. The highest BCUT2D eigenvalue weighted by Crippen LogP contribution is 2.23. The van der Waals surface area contributed by atoms with Gasteiger partial charge in [0.1, 0.15) is 17.2 Å². The van der Waals surface area contributed by atoms with Crippen LogP contribution in [-0.2, 0) is 0 Å². The number of rotatable bonds is 5. The van der Waals surface area contributed by atoms with Crippen LogP contribution in [0, 0.1) is 0 Å². The van der Waals surface area contributed by atoms with Gasteiger partial charge in [-0.3, -0.25) is 9.59 Å². The van der Waals surface area contributed by atoms with E-state index in [2.05, 4.69) is 0 Å². The number of Topliss-reactive ketones (excluding diaryl/α,β-unsaturated/α-hetero) is 2. The van der Waals surface area contributed by atoms with Crippen LogP contribution in [0.3, 0.4) is 0 Å². The quantitative estimate of drug-likeness (QED) is 0.675. The van der Waals surface area contributed by atoms with Gasteiger partial charge in [0.2, 0.25) is 11.6 Å². The summed E-state index contributed by atoms with van der Waals surface area (Å²) < 4.78 is 10.1. The fraction of sp³-hybridized carbons (Fsp3) is 0.125. The molecule has 0 bridgehead atoms. The van der Waals surface area contributed by atoms with Crippen molar-refractivity contribution in [3.63, 3.8) is 0 Å². The molecule has 0 aliphatic heterocycles. The van der Waals surface area contributed by atoms with E-state index in [1.165, 1.54) is 50.6 Å². The van der Waals surface area contributed by atoms with Crippen molar-refractivity contribution in [2.24, 2.45) is 0 Å². The van der Waals surface area contributed by atoms with Crippen LogP contribution < -0.4 is 9.47 Å². The van der Waals surface area contributed by atoms with Gasteiger partial charge in [-0.1, -0.05) is 0 Å². The maximum atomic E-state index is 12.2. The molecule has 0 heterocycles. The van der Waals surface area contributed by atoms with Gasteiger partial charge in [-0.15, -0.1) is 0 Å². The summed E-state index contributed by atoms with van der Waals surface area (Å²) in [5.41, 5.74) is 0.392. The van der Waals surface area contributed by atoms with Crippen molar-refractivity contribution >= 4 is 11.6 Å². The number of ether oxygens (including phenoxy) is 2. The largest absolute Gasteiger partial charge is 0.508 e. The third kappa shape index (κ3) is 3.20. The first-order chi connectivity index (χ1) is 10.0. The van der Waals surface area contributed by atoms with Gasteiger partial charge in [-0.2, -0.15) is 0 Å². The Labute approximate surface area is 121 Å². The first-order valence-electron chi connectivity index (χ1n) is 6.16. The summed E-state index contributed by atoms with van der Waals surface area (Å²) in [6.07, 6.45) is 0. The van der Waals surface area contributed by atoms with Gasteiger partial charge in [0, 0.05) is 17.2 Å². The van der Waals surface area contributed by atoms with Crippen LogP contribution in [0.2, 0.25) is 0 Å². The molecule has 0 spiro atoms. The number of phenolic OH excluding ortho intramolecular Hbond substituents is 1. The standard InChI is InChI=1S/C16H14O5/c1-20-13-7-11(8-14(9-13)21-2)16(19)15(18)10-3-5-12(17)6-4-10/h3-9,17H,1-2H3. The van der Waals surface area contributed by atoms with Gasteiger partial charge in [-0.25, -0.2) is 0 Å². The van der Waals surface area contributed by atoms with E-state index < -0.39 is 11.6 Å². The predicted octanol–water partition coefficient (Wildman–Crippen LogP) is 2.48. The average Bonchev–Trinajstić information content (AvgIpc) is 2.53. The molecule has 108 valence electrons. The van der Waals surface area contributed by atoms with Crippen molar-refractivity contribution in [2.45, 2.75) is 0 Å². The minimum atomic E-state index is -0.669. The third-order valence-corrected chi connectivity index (χ3v) is 2.95. The van der Waals surface area contributed by atoms with Crippen LogP contribution >= 0.6 is 0 Å². The maximum absolute atomic E-state index is 12.2. The molecule has 0 aliphatic rings. The highest BCUT2D eigenvalue weighted by Gasteiger charge is 2.20. The second-order valence-electron chi connectivity index (χ2n) is 4.31. The predicted molar refractivity (Wildman–Crippen MR) is 76.3 cm³/mol. The molecule has 0 aliphatic carbocycles. The summed E-state index contributed by atoms with van der Waals surface area (Å²) in [6.45, 7) is 0. The monoisotopic (exact) mass is 286 g/mol. The van der Waals surface area contributed by atoms with E-state index in [9.17, 15) is 14.7 Å². The molecule has 2 aromatic carbocycles. The normalized spacial score (nSPS) is 10.0. The molecule has 2 rings (SSSR count). The van der Waals surface area contributed by atoms with E-state index >= 15 is 0 Å². The highest BCUT2D eigenvalue weighted by atomic mass is 16.5. The zero-order valence-electron chi connectivity index (χ0n) is 11.6. The molecular formula is C16H14O5. The minimum absolute atomic E-state index is 0.0297. The fourth-order valence-electron chi connectivity index (χ4n) is 1.81. The Morgan fingerprint density at radius 1 is 0.810 bits per heavy atom. The Morgan fingerprint density at radius 3 is 1.76 bits per heavy atom. The molecule has 0 fully saturated rings. The molecule has 21 heavy (non-hydrogen) atoms. The van der Waals surface area contributed by atoms with Crippen molar-refractivity contribution in [1.29, 1.82) is 0 Å². The number of benzene rings is 2. The molecule has 1 N–H and O–H groups in total. The van der Waals surface area contributed by atoms with Crippen molar-refractivity contribution in [1.82, 2.24) is 0 Å². The van der Waals surface area contributed by atoms with Crippen LogP contribution in [0.5, 0.6) is 17.2 Å². The molecule has 0 saturated heterocycles. The van der Waals surface area contributed by atoms with Crippen LogP contribution in [0.15, 0.2) is 42.5 Å². The lowest BCUT2D eigenvalue weighted by Crippen LogP contribution is -2.14. The molecule has 0 aromatic heterocycles. The molecule has 0 saturated carbocycles. The van der Waals surface area contributed by atoms with E-state index in [1.54, 1.807) is 6.07 Å². The number of aromatic hydroxyl groups is 1. The van der Waals surface area contributed by atoms with E-state index in [0.29, 0.717) is 11.5 Å². The molecule has 0 amide bonds. The number of carbonyl (C=O) groups is 2. The van der Waals surface area contributed by atoms with Gasteiger partial charge in [0.25, 0.3) is 0 Å². The zero-order valence-corrected chi connectivity index (χ0v) is 11.6. The van der Waals surface area contributed by atoms with Crippen LogP contribution in [0.1, 0.15) is 20.7 Å². The second-order valence-corrected chi connectivity index (χ2v) is 4.31. The van der Waals surface area contributed by atoms with E-state index in [4.69, 9.17) is 9.47 Å². The molecule has 0 atom stereocenters. The number of ketones is 2. The Hall–Kier alpha value is -2.82. The summed E-state index contributed by atoms with van der Waals surface area (Å²) in [4.78, 5) is 24.4. The Bertz CT molecular complexity index is 651. The maximum Gasteiger partial charge on any atom is 0.233 e. The smallest absolute Gasteiger partial charge is 0.233 e. The van der Waals surface area contributed by atoms with E-state index in [1.807, 2.05) is 0 Å². The first kappa shape index (κ1) is 14.6. The van der Waals surface area contributed by atoms with E-state index in [0.717, 1.165) is 0 Å².